The number of rotatable bonds is 1. The molecule has 3 aromatic rings. The van der Waals surface area contributed by atoms with Gasteiger partial charge in [-0.2, -0.15) is 0 Å². The molecule has 0 atom stereocenters. The van der Waals surface area contributed by atoms with Crippen LogP contribution < -0.4 is 0 Å². The molecule has 0 aliphatic carbocycles. The van der Waals surface area contributed by atoms with Gasteiger partial charge in [0.05, 0.1) is 0 Å². The van der Waals surface area contributed by atoms with E-state index in [0.29, 0.717) is 0 Å². The quantitative estimate of drug-likeness (QED) is 0.509. The smallest absolute Gasteiger partial charge is 0.0143 e. The number of hydrogen-bond acceptors (Lipinski definition) is 0. The van der Waals surface area contributed by atoms with Gasteiger partial charge >= 0.3 is 0 Å². The highest BCUT2D eigenvalue weighted by Gasteiger charge is 2.09. The molecule has 0 saturated heterocycles. The predicted molar refractivity (Wildman–Crippen MR) is 80.3 cm³/mol. The first kappa shape index (κ1) is 11.3. The van der Waals surface area contributed by atoms with Crippen LogP contribution in [-0.4, -0.2) is 0 Å². The van der Waals surface area contributed by atoms with Gasteiger partial charge in [-0.25, -0.2) is 0 Å². The summed E-state index contributed by atoms with van der Waals surface area (Å²) in [5.41, 5.74) is 4.22. The van der Waals surface area contributed by atoms with Crippen molar-refractivity contribution >= 4 is 21.5 Å². The first-order valence-electron chi connectivity index (χ1n) is 6.63. The highest BCUT2D eigenvalue weighted by Crippen LogP contribution is 2.33. The Morgan fingerprint density at radius 1 is 0.778 bits per heavy atom. The molecule has 0 heteroatoms. The molecule has 0 unspecified atom stereocenters. The van der Waals surface area contributed by atoms with Gasteiger partial charge in [0.25, 0.3) is 0 Å². The first-order valence-corrected chi connectivity index (χ1v) is 6.63. The average Bonchev–Trinajstić information content (AvgIpc) is 2.40. The number of benzene rings is 3. The maximum absolute atomic E-state index is 2.32. The van der Waals surface area contributed by atoms with Gasteiger partial charge < -0.3 is 0 Å². The summed E-state index contributed by atoms with van der Waals surface area (Å²) in [6.45, 7) is 6.65. The zero-order valence-electron chi connectivity index (χ0n) is 11.2. The summed E-state index contributed by atoms with van der Waals surface area (Å²) in [4.78, 5) is 0. The predicted octanol–water partition coefficient (Wildman–Crippen LogP) is 5.17. The minimum atomic E-state index is 1.08. The SMILES string of the molecule is CCc1c2ccccc2c(C)c2cc(C)ccc12. The summed E-state index contributed by atoms with van der Waals surface area (Å²) in [5.74, 6) is 0. The molecule has 3 rings (SSSR count). The van der Waals surface area contributed by atoms with Gasteiger partial charge in [-0.15, -0.1) is 0 Å². The Morgan fingerprint density at radius 3 is 2.17 bits per heavy atom. The van der Waals surface area contributed by atoms with Crippen molar-refractivity contribution in [2.24, 2.45) is 0 Å². The second-order valence-corrected chi connectivity index (χ2v) is 5.05. The molecule has 0 heterocycles. The third-order valence-electron chi connectivity index (χ3n) is 3.91. The summed E-state index contributed by atoms with van der Waals surface area (Å²) in [7, 11) is 0. The van der Waals surface area contributed by atoms with Crippen molar-refractivity contribution < 1.29 is 0 Å². The second-order valence-electron chi connectivity index (χ2n) is 5.05. The fourth-order valence-corrected chi connectivity index (χ4v) is 2.98. The van der Waals surface area contributed by atoms with Crippen LogP contribution in [0.15, 0.2) is 42.5 Å². The van der Waals surface area contributed by atoms with Crippen LogP contribution in [0.3, 0.4) is 0 Å². The largest absolute Gasteiger partial charge is 0.0616 e. The molecule has 0 saturated carbocycles. The summed E-state index contributed by atoms with van der Waals surface area (Å²) in [6, 6.07) is 15.6. The normalized spacial score (nSPS) is 11.3. The van der Waals surface area contributed by atoms with Crippen molar-refractivity contribution in [3.63, 3.8) is 0 Å². The first-order chi connectivity index (χ1) is 8.72. The average molecular weight is 234 g/mol. The molecule has 0 bridgehead atoms. The lowest BCUT2D eigenvalue weighted by Gasteiger charge is -2.14. The van der Waals surface area contributed by atoms with E-state index in [-0.39, 0.29) is 0 Å². The molecule has 18 heavy (non-hydrogen) atoms. The van der Waals surface area contributed by atoms with E-state index >= 15 is 0 Å². The van der Waals surface area contributed by atoms with E-state index in [0.717, 1.165) is 6.42 Å². The fourth-order valence-electron chi connectivity index (χ4n) is 2.98. The summed E-state index contributed by atoms with van der Waals surface area (Å²) in [6.07, 6.45) is 1.08. The van der Waals surface area contributed by atoms with E-state index in [2.05, 4.69) is 63.2 Å². The highest BCUT2D eigenvalue weighted by atomic mass is 14.1. The van der Waals surface area contributed by atoms with Gasteiger partial charge in [0.1, 0.15) is 0 Å². The van der Waals surface area contributed by atoms with Crippen molar-refractivity contribution in [3.05, 3.63) is 59.2 Å². The zero-order valence-corrected chi connectivity index (χ0v) is 11.2. The van der Waals surface area contributed by atoms with Gasteiger partial charge in [-0.3, -0.25) is 0 Å². The zero-order chi connectivity index (χ0) is 12.7. The fraction of sp³-hybridized carbons (Fsp3) is 0.222. The third-order valence-corrected chi connectivity index (χ3v) is 3.91. The van der Waals surface area contributed by atoms with Crippen molar-refractivity contribution in [3.8, 4) is 0 Å². The Labute approximate surface area is 108 Å². The molecule has 90 valence electrons. The minimum Gasteiger partial charge on any atom is -0.0616 e. The van der Waals surface area contributed by atoms with Crippen LogP contribution in [0, 0.1) is 13.8 Å². The lowest BCUT2D eigenvalue weighted by molar-refractivity contribution is 1.18. The standard InChI is InChI=1S/C18H18/c1-4-14-16-8-6-5-7-15(16)13(3)18-11-12(2)9-10-17(14)18/h5-11H,4H2,1-3H3. The molecule has 0 nitrogen and oxygen atoms in total. The number of fused-ring (bicyclic) bond motifs is 2. The molecule has 0 aliphatic rings. The number of aryl methyl sites for hydroxylation is 3. The van der Waals surface area contributed by atoms with E-state index in [1.807, 2.05) is 0 Å². The highest BCUT2D eigenvalue weighted by molar-refractivity contribution is 6.05. The Hall–Kier alpha value is -1.82. The van der Waals surface area contributed by atoms with E-state index in [4.69, 9.17) is 0 Å². The maximum atomic E-state index is 2.32. The molecule has 3 aromatic carbocycles. The lowest BCUT2D eigenvalue weighted by Crippen LogP contribution is -1.91. The van der Waals surface area contributed by atoms with E-state index in [1.54, 1.807) is 0 Å². The van der Waals surface area contributed by atoms with Crippen LogP contribution in [0.2, 0.25) is 0 Å². The molecule has 0 radical (unpaired) electrons. The second kappa shape index (κ2) is 4.13. The number of hydrogen-bond donors (Lipinski definition) is 0. The van der Waals surface area contributed by atoms with Crippen LogP contribution >= 0.6 is 0 Å². The summed E-state index contributed by atoms with van der Waals surface area (Å²) < 4.78 is 0. The molecule has 0 aliphatic heterocycles. The Bertz CT molecular complexity index is 736. The molecule has 0 fully saturated rings. The maximum Gasteiger partial charge on any atom is -0.0143 e. The molecular weight excluding hydrogens is 216 g/mol. The third kappa shape index (κ3) is 1.53. The molecule has 0 aromatic heterocycles. The Morgan fingerprint density at radius 2 is 1.44 bits per heavy atom. The van der Waals surface area contributed by atoms with Crippen LogP contribution in [0.4, 0.5) is 0 Å². The van der Waals surface area contributed by atoms with Crippen molar-refractivity contribution in [2.45, 2.75) is 27.2 Å². The molecule has 0 amide bonds. The lowest BCUT2D eigenvalue weighted by atomic mass is 9.90. The summed E-state index contributed by atoms with van der Waals surface area (Å²) >= 11 is 0. The van der Waals surface area contributed by atoms with E-state index in [9.17, 15) is 0 Å². The van der Waals surface area contributed by atoms with Crippen LogP contribution in [0.1, 0.15) is 23.6 Å². The van der Waals surface area contributed by atoms with Gasteiger partial charge in [0.2, 0.25) is 0 Å². The van der Waals surface area contributed by atoms with Gasteiger partial charge in [-0.05, 0) is 52.9 Å². The van der Waals surface area contributed by atoms with Gasteiger partial charge in [-0.1, -0.05) is 55.0 Å². The Balaban J connectivity index is 2.61. The van der Waals surface area contributed by atoms with Gasteiger partial charge in [0, 0.05) is 0 Å². The van der Waals surface area contributed by atoms with E-state index in [1.165, 1.54) is 38.2 Å². The summed E-state index contributed by atoms with van der Waals surface area (Å²) in [5, 5.41) is 5.63. The molecule has 0 N–H and O–H groups in total. The van der Waals surface area contributed by atoms with Crippen LogP contribution in [0.5, 0.6) is 0 Å². The molecule has 0 spiro atoms. The van der Waals surface area contributed by atoms with Gasteiger partial charge in [0.15, 0.2) is 0 Å². The van der Waals surface area contributed by atoms with E-state index < -0.39 is 0 Å². The minimum absolute atomic E-state index is 1.08. The van der Waals surface area contributed by atoms with Crippen molar-refractivity contribution in [1.82, 2.24) is 0 Å². The topological polar surface area (TPSA) is 0 Å². The van der Waals surface area contributed by atoms with Crippen LogP contribution in [-0.2, 0) is 6.42 Å². The Kier molecular flexibility index (Phi) is 2.59. The monoisotopic (exact) mass is 234 g/mol. The molecular formula is C18H18. The van der Waals surface area contributed by atoms with Crippen molar-refractivity contribution in [1.29, 1.82) is 0 Å². The van der Waals surface area contributed by atoms with Crippen LogP contribution in [0.25, 0.3) is 21.5 Å². The van der Waals surface area contributed by atoms with Crippen molar-refractivity contribution in [2.75, 3.05) is 0 Å².